The molecule has 2 aromatic rings. The molecule has 0 spiro atoms. The lowest BCUT2D eigenvalue weighted by molar-refractivity contribution is 0.215. The first kappa shape index (κ1) is 19.9. The lowest BCUT2D eigenvalue weighted by atomic mass is 9.99. The van der Waals surface area contributed by atoms with Crippen LogP contribution in [0, 0.1) is 6.92 Å². The third-order valence-corrected chi connectivity index (χ3v) is 4.96. The van der Waals surface area contributed by atoms with E-state index in [0.29, 0.717) is 17.7 Å². The van der Waals surface area contributed by atoms with Gasteiger partial charge in [0.2, 0.25) is 0 Å². The van der Waals surface area contributed by atoms with E-state index in [0.717, 1.165) is 11.1 Å². The third-order valence-electron chi connectivity index (χ3n) is 3.83. The maximum absolute atomic E-state index is 12.1. The fourth-order valence-electron chi connectivity index (χ4n) is 2.30. The van der Waals surface area contributed by atoms with Crippen LogP contribution in [0.1, 0.15) is 24.5 Å². The largest absolute Gasteiger partial charge is 0.388 e. The number of aliphatic hydroxyl groups excluding tert-OH is 1. The van der Waals surface area contributed by atoms with E-state index in [1.54, 1.807) is 19.1 Å². The summed E-state index contributed by atoms with van der Waals surface area (Å²) in [4.78, 5) is 0.0358. The highest BCUT2D eigenvalue weighted by atomic mass is 32.2. The second-order valence-corrected chi connectivity index (χ2v) is 7.74. The fraction of sp³-hybridized carbons (Fsp3) is 0.250. The lowest BCUT2D eigenvalue weighted by Crippen LogP contribution is -2.16. The van der Waals surface area contributed by atoms with Crippen LogP contribution in [0.5, 0.6) is 0 Å². The molecular formula is C20H23NO4S. The van der Waals surface area contributed by atoms with Crippen LogP contribution in [0.25, 0.3) is 0 Å². The van der Waals surface area contributed by atoms with Crippen molar-refractivity contribution in [2.45, 2.75) is 37.7 Å². The summed E-state index contributed by atoms with van der Waals surface area (Å²) in [5.41, 5.74) is 2.99. The Kier molecular flexibility index (Phi) is 6.71. The normalized spacial score (nSPS) is 13.3. The lowest BCUT2D eigenvalue weighted by Gasteiger charge is -2.13. The van der Waals surface area contributed by atoms with Gasteiger partial charge in [0.15, 0.2) is 0 Å². The van der Waals surface area contributed by atoms with Crippen molar-refractivity contribution in [3.8, 4) is 0 Å². The number of rotatable bonds is 8. The Morgan fingerprint density at radius 1 is 1.15 bits per heavy atom. The molecule has 0 saturated carbocycles. The average molecular weight is 373 g/mol. The van der Waals surface area contributed by atoms with Crippen LogP contribution < -0.4 is 0 Å². The van der Waals surface area contributed by atoms with E-state index in [4.69, 9.17) is 4.28 Å². The highest BCUT2D eigenvalue weighted by Gasteiger charge is 2.16. The van der Waals surface area contributed by atoms with Gasteiger partial charge in [0, 0.05) is 6.42 Å². The summed E-state index contributed by atoms with van der Waals surface area (Å²) in [5, 5.41) is 13.9. The van der Waals surface area contributed by atoms with E-state index in [2.05, 4.69) is 11.7 Å². The molecule has 1 atom stereocenters. The van der Waals surface area contributed by atoms with Crippen molar-refractivity contribution < 1.29 is 17.8 Å². The van der Waals surface area contributed by atoms with Crippen molar-refractivity contribution in [3.63, 3.8) is 0 Å². The fourth-order valence-corrected chi connectivity index (χ4v) is 3.08. The number of hydrogen-bond acceptors (Lipinski definition) is 5. The van der Waals surface area contributed by atoms with Crippen molar-refractivity contribution in [1.82, 2.24) is 0 Å². The molecule has 0 heterocycles. The number of oxime groups is 1. The minimum absolute atomic E-state index is 0.0358. The molecule has 26 heavy (non-hydrogen) atoms. The topological polar surface area (TPSA) is 76.0 Å². The van der Waals surface area contributed by atoms with Crippen molar-refractivity contribution in [2.75, 3.05) is 0 Å². The van der Waals surface area contributed by atoms with Gasteiger partial charge in [-0.05, 0) is 43.5 Å². The molecule has 0 aromatic heterocycles. The predicted molar refractivity (Wildman–Crippen MR) is 102 cm³/mol. The summed E-state index contributed by atoms with van der Waals surface area (Å²) in [6, 6.07) is 16.0. The Morgan fingerprint density at radius 3 is 2.38 bits per heavy atom. The zero-order valence-corrected chi connectivity index (χ0v) is 15.7. The maximum atomic E-state index is 12.1. The number of aliphatic hydroxyl groups is 1. The van der Waals surface area contributed by atoms with Crippen molar-refractivity contribution in [1.29, 1.82) is 0 Å². The molecule has 1 N–H and O–H groups in total. The molecule has 0 saturated heterocycles. The van der Waals surface area contributed by atoms with Crippen LogP contribution in [0.3, 0.4) is 0 Å². The summed E-state index contributed by atoms with van der Waals surface area (Å²) in [7, 11) is -3.97. The Bertz CT molecular complexity index is 872. The minimum atomic E-state index is -3.97. The molecule has 0 aliphatic rings. The highest BCUT2D eigenvalue weighted by Crippen LogP contribution is 2.15. The van der Waals surface area contributed by atoms with Gasteiger partial charge in [-0.1, -0.05) is 59.8 Å². The molecule has 6 heteroatoms. The highest BCUT2D eigenvalue weighted by molar-refractivity contribution is 7.86. The van der Waals surface area contributed by atoms with E-state index in [-0.39, 0.29) is 11.3 Å². The Labute approximate surface area is 154 Å². The molecule has 1 unspecified atom stereocenters. The standard InChI is InChI=1S/C20H23NO4S/c1-15-9-11-19(12-10-15)26(23,24)25-21-17(3)14-20(22)16(2)13-18-7-5-4-6-8-18/h4-12,20,22H,2,13-14H2,1,3H3. The summed E-state index contributed by atoms with van der Waals surface area (Å²) < 4.78 is 28.9. The monoisotopic (exact) mass is 373 g/mol. The predicted octanol–water partition coefficient (Wildman–Crippen LogP) is 3.63. The quantitative estimate of drug-likeness (QED) is 0.435. The van der Waals surface area contributed by atoms with Gasteiger partial charge in [-0.25, -0.2) is 0 Å². The summed E-state index contributed by atoms with van der Waals surface area (Å²) in [5.74, 6) is 0. The van der Waals surface area contributed by atoms with Crippen molar-refractivity contribution in [3.05, 3.63) is 77.9 Å². The third kappa shape index (κ3) is 5.82. The van der Waals surface area contributed by atoms with E-state index in [9.17, 15) is 13.5 Å². The molecule has 0 fully saturated rings. The zero-order valence-electron chi connectivity index (χ0n) is 14.9. The molecule has 5 nitrogen and oxygen atoms in total. The maximum Gasteiger partial charge on any atom is 0.358 e. The van der Waals surface area contributed by atoms with E-state index in [1.165, 1.54) is 12.1 Å². The molecule has 2 rings (SSSR count). The summed E-state index contributed by atoms with van der Waals surface area (Å²) in [6.45, 7) is 7.37. The molecule has 0 aliphatic carbocycles. The minimum Gasteiger partial charge on any atom is -0.388 e. The van der Waals surface area contributed by atoms with Crippen LogP contribution in [0.4, 0.5) is 0 Å². The van der Waals surface area contributed by atoms with Crippen LogP contribution >= 0.6 is 0 Å². The first-order valence-corrected chi connectivity index (χ1v) is 9.62. The Hall–Kier alpha value is -2.44. The summed E-state index contributed by atoms with van der Waals surface area (Å²) >= 11 is 0. The van der Waals surface area contributed by atoms with Crippen molar-refractivity contribution >= 4 is 15.8 Å². The second-order valence-electron chi connectivity index (χ2n) is 6.21. The Balaban J connectivity index is 1.94. The van der Waals surface area contributed by atoms with Gasteiger partial charge >= 0.3 is 10.1 Å². The van der Waals surface area contributed by atoms with Crippen LogP contribution in [-0.2, 0) is 20.8 Å². The van der Waals surface area contributed by atoms with Gasteiger partial charge in [0.05, 0.1) is 11.8 Å². The van der Waals surface area contributed by atoms with Gasteiger partial charge in [-0.2, -0.15) is 8.42 Å². The first-order valence-electron chi connectivity index (χ1n) is 8.21. The molecule has 0 amide bonds. The van der Waals surface area contributed by atoms with Crippen LogP contribution in [-0.4, -0.2) is 25.3 Å². The van der Waals surface area contributed by atoms with E-state index in [1.807, 2.05) is 37.3 Å². The Morgan fingerprint density at radius 2 is 1.77 bits per heavy atom. The van der Waals surface area contributed by atoms with Gasteiger partial charge in [0.25, 0.3) is 0 Å². The number of aryl methyl sites for hydroxylation is 1. The molecular weight excluding hydrogens is 350 g/mol. The van der Waals surface area contributed by atoms with Gasteiger partial charge < -0.3 is 5.11 Å². The molecule has 0 aliphatic heterocycles. The van der Waals surface area contributed by atoms with Gasteiger partial charge in [-0.15, -0.1) is 0 Å². The van der Waals surface area contributed by atoms with Gasteiger partial charge in [0.1, 0.15) is 4.90 Å². The number of hydrogen-bond donors (Lipinski definition) is 1. The molecule has 0 radical (unpaired) electrons. The zero-order chi connectivity index (χ0) is 19.2. The molecule has 2 aromatic carbocycles. The molecule has 0 bridgehead atoms. The first-order chi connectivity index (χ1) is 12.3. The number of nitrogens with zero attached hydrogens (tertiary/aromatic N) is 1. The van der Waals surface area contributed by atoms with Crippen LogP contribution in [0.2, 0.25) is 0 Å². The SMILES string of the molecule is C=C(Cc1ccccc1)C(O)CC(C)=NOS(=O)(=O)c1ccc(C)cc1. The van der Waals surface area contributed by atoms with Gasteiger partial charge in [-0.3, -0.25) is 4.28 Å². The summed E-state index contributed by atoms with van der Waals surface area (Å²) in [6.07, 6.45) is -0.142. The van der Waals surface area contributed by atoms with Crippen molar-refractivity contribution in [2.24, 2.45) is 5.16 Å². The second kappa shape index (κ2) is 8.78. The smallest absolute Gasteiger partial charge is 0.358 e. The van der Waals surface area contributed by atoms with Crippen LogP contribution in [0.15, 0.2) is 76.8 Å². The van der Waals surface area contributed by atoms with E-state index >= 15 is 0 Å². The van der Waals surface area contributed by atoms with E-state index < -0.39 is 16.2 Å². The molecule has 138 valence electrons. The number of benzene rings is 2. The average Bonchev–Trinajstić information content (AvgIpc) is 2.61.